The minimum atomic E-state index is -1.09. The zero-order chi connectivity index (χ0) is 15.5. The average molecular weight is 301 g/mol. The number of carbonyl (C=O) groups excluding carboxylic acids is 1. The van der Waals surface area contributed by atoms with E-state index in [1.807, 2.05) is 18.2 Å². The maximum atomic E-state index is 12.4. The topological polar surface area (TPSA) is 79.5 Å². The third kappa shape index (κ3) is 3.01. The Morgan fingerprint density at radius 1 is 1.32 bits per heavy atom. The Balaban J connectivity index is 1.60. The van der Waals surface area contributed by atoms with Crippen molar-refractivity contribution in [1.29, 1.82) is 0 Å². The highest BCUT2D eigenvalue weighted by atomic mass is 16.5. The van der Waals surface area contributed by atoms with E-state index in [-0.39, 0.29) is 11.8 Å². The second kappa shape index (κ2) is 6.27. The number of carbonyl (C=O) groups is 1. The van der Waals surface area contributed by atoms with Crippen molar-refractivity contribution in [3.63, 3.8) is 0 Å². The first kappa shape index (κ1) is 14.7. The molecule has 0 bridgehead atoms. The summed E-state index contributed by atoms with van der Waals surface area (Å²) in [6.45, 7) is 2.98. The molecular weight excluding hydrogens is 282 g/mol. The number of benzene rings is 1. The quantitative estimate of drug-likeness (QED) is 0.935. The monoisotopic (exact) mass is 301 g/mol. The molecule has 116 valence electrons. The van der Waals surface area contributed by atoms with Crippen molar-refractivity contribution in [2.45, 2.75) is 31.8 Å². The molecule has 1 aromatic heterocycles. The van der Waals surface area contributed by atoms with E-state index in [2.05, 4.69) is 10.1 Å². The van der Waals surface area contributed by atoms with Gasteiger partial charge in [-0.25, -0.2) is 0 Å². The molecule has 1 saturated heterocycles. The van der Waals surface area contributed by atoms with Crippen LogP contribution in [0.25, 0.3) is 0 Å². The van der Waals surface area contributed by atoms with Crippen LogP contribution in [0.15, 0.2) is 34.9 Å². The van der Waals surface area contributed by atoms with Crippen LogP contribution >= 0.6 is 0 Å². The summed E-state index contributed by atoms with van der Waals surface area (Å²) in [6.07, 6.45) is 0.451. The summed E-state index contributed by atoms with van der Waals surface area (Å²) in [7, 11) is 0. The van der Waals surface area contributed by atoms with Crippen LogP contribution < -0.4 is 0 Å². The summed E-state index contributed by atoms with van der Waals surface area (Å²) in [5, 5.41) is 14.0. The maximum absolute atomic E-state index is 12.4. The first-order valence-electron chi connectivity index (χ1n) is 7.47. The van der Waals surface area contributed by atoms with Crippen molar-refractivity contribution in [1.82, 2.24) is 15.0 Å². The van der Waals surface area contributed by atoms with E-state index in [0.29, 0.717) is 30.4 Å². The van der Waals surface area contributed by atoms with Gasteiger partial charge in [0.2, 0.25) is 5.89 Å². The highest BCUT2D eigenvalue weighted by molar-refractivity contribution is 5.82. The van der Waals surface area contributed by atoms with Crippen LogP contribution in [0.5, 0.6) is 0 Å². The summed E-state index contributed by atoms with van der Waals surface area (Å²) in [4.78, 5) is 18.3. The second-order valence-electron chi connectivity index (χ2n) is 5.59. The van der Waals surface area contributed by atoms with Gasteiger partial charge < -0.3 is 14.5 Å². The van der Waals surface area contributed by atoms with E-state index < -0.39 is 6.10 Å². The molecule has 1 aliphatic rings. The fourth-order valence-corrected chi connectivity index (χ4v) is 2.78. The SMILES string of the molecule is Cc1noc(C2CCN(C(=O)C(O)c3ccccc3)CC2)n1. The third-order valence-corrected chi connectivity index (χ3v) is 4.05. The van der Waals surface area contributed by atoms with Crippen molar-refractivity contribution in [2.24, 2.45) is 0 Å². The number of amides is 1. The largest absolute Gasteiger partial charge is 0.378 e. The molecule has 2 aromatic rings. The lowest BCUT2D eigenvalue weighted by atomic mass is 9.96. The first-order valence-corrected chi connectivity index (χ1v) is 7.47. The number of aliphatic hydroxyl groups excluding tert-OH is 1. The fourth-order valence-electron chi connectivity index (χ4n) is 2.78. The lowest BCUT2D eigenvalue weighted by Crippen LogP contribution is -2.40. The molecule has 6 heteroatoms. The lowest BCUT2D eigenvalue weighted by Gasteiger charge is -2.31. The Morgan fingerprint density at radius 2 is 2.00 bits per heavy atom. The Morgan fingerprint density at radius 3 is 2.59 bits per heavy atom. The van der Waals surface area contributed by atoms with E-state index in [0.717, 1.165) is 12.8 Å². The normalized spacial score (nSPS) is 17.5. The van der Waals surface area contributed by atoms with E-state index in [9.17, 15) is 9.90 Å². The molecule has 1 unspecified atom stereocenters. The molecule has 1 fully saturated rings. The van der Waals surface area contributed by atoms with Gasteiger partial charge in [-0.2, -0.15) is 4.98 Å². The van der Waals surface area contributed by atoms with Crippen LogP contribution in [-0.2, 0) is 4.79 Å². The van der Waals surface area contributed by atoms with Gasteiger partial charge in [0.05, 0.1) is 0 Å². The minimum Gasteiger partial charge on any atom is -0.378 e. The van der Waals surface area contributed by atoms with Gasteiger partial charge in [-0.15, -0.1) is 0 Å². The number of nitrogens with zero attached hydrogens (tertiary/aromatic N) is 3. The van der Waals surface area contributed by atoms with Gasteiger partial charge in [0, 0.05) is 19.0 Å². The molecule has 22 heavy (non-hydrogen) atoms. The Hall–Kier alpha value is -2.21. The summed E-state index contributed by atoms with van der Waals surface area (Å²) in [5.41, 5.74) is 0.627. The number of hydrogen-bond donors (Lipinski definition) is 1. The van der Waals surface area contributed by atoms with Crippen molar-refractivity contribution in [3.05, 3.63) is 47.6 Å². The number of piperidine rings is 1. The van der Waals surface area contributed by atoms with Gasteiger partial charge >= 0.3 is 0 Å². The van der Waals surface area contributed by atoms with Crippen LogP contribution in [0.4, 0.5) is 0 Å². The molecule has 1 aliphatic heterocycles. The molecule has 1 amide bonds. The molecule has 3 rings (SSSR count). The molecule has 1 atom stereocenters. The fraction of sp³-hybridized carbons (Fsp3) is 0.438. The van der Waals surface area contributed by atoms with Gasteiger partial charge in [-0.3, -0.25) is 4.79 Å². The summed E-state index contributed by atoms with van der Waals surface area (Å²) >= 11 is 0. The molecule has 0 spiro atoms. The van der Waals surface area contributed by atoms with Gasteiger partial charge in [0.15, 0.2) is 11.9 Å². The minimum absolute atomic E-state index is 0.194. The number of aliphatic hydroxyl groups is 1. The molecule has 1 N–H and O–H groups in total. The van der Waals surface area contributed by atoms with Crippen LogP contribution in [0.2, 0.25) is 0 Å². The van der Waals surface area contributed by atoms with E-state index >= 15 is 0 Å². The second-order valence-corrected chi connectivity index (χ2v) is 5.59. The standard InChI is InChI=1S/C16H19N3O3/c1-11-17-15(22-18-11)13-7-9-19(10-8-13)16(21)14(20)12-5-3-2-4-6-12/h2-6,13-14,20H,7-10H2,1H3. The molecule has 2 heterocycles. The van der Waals surface area contributed by atoms with Crippen LogP contribution in [0, 0.1) is 6.92 Å². The predicted octanol–water partition coefficient (Wildman–Crippen LogP) is 1.82. The summed E-state index contributed by atoms with van der Waals surface area (Å²) in [6, 6.07) is 9.01. The number of hydrogen-bond acceptors (Lipinski definition) is 5. The van der Waals surface area contributed by atoms with Gasteiger partial charge in [-0.1, -0.05) is 35.5 Å². The number of aryl methyl sites for hydroxylation is 1. The first-order chi connectivity index (χ1) is 10.6. The molecule has 0 aliphatic carbocycles. The van der Waals surface area contributed by atoms with Crippen LogP contribution in [-0.4, -0.2) is 39.1 Å². The van der Waals surface area contributed by atoms with E-state index in [4.69, 9.17) is 4.52 Å². The van der Waals surface area contributed by atoms with Crippen molar-refractivity contribution < 1.29 is 14.4 Å². The lowest BCUT2D eigenvalue weighted by molar-refractivity contribution is -0.141. The third-order valence-electron chi connectivity index (χ3n) is 4.05. The van der Waals surface area contributed by atoms with Crippen molar-refractivity contribution in [3.8, 4) is 0 Å². The van der Waals surface area contributed by atoms with Crippen LogP contribution in [0.3, 0.4) is 0 Å². The summed E-state index contributed by atoms with van der Waals surface area (Å²) in [5.74, 6) is 1.23. The van der Waals surface area contributed by atoms with Gasteiger partial charge in [0.25, 0.3) is 5.91 Å². The molecule has 0 saturated carbocycles. The zero-order valence-corrected chi connectivity index (χ0v) is 12.5. The van der Waals surface area contributed by atoms with Crippen molar-refractivity contribution in [2.75, 3.05) is 13.1 Å². The number of aromatic nitrogens is 2. The number of rotatable bonds is 3. The highest BCUT2D eigenvalue weighted by Crippen LogP contribution is 2.28. The molecular formula is C16H19N3O3. The zero-order valence-electron chi connectivity index (χ0n) is 12.5. The molecule has 0 radical (unpaired) electrons. The highest BCUT2D eigenvalue weighted by Gasteiger charge is 2.30. The molecule has 6 nitrogen and oxygen atoms in total. The van der Waals surface area contributed by atoms with Crippen molar-refractivity contribution >= 4 is 5.91 Å². The maximum Gasteiger partial charge on any atom is 0.256 e. The van der Waals surface area contributed by atoms with E-state index in [1.165, 1.54) is 0 Å². The Labute approximate surface area is 128 Å². The van der Waals surface area contributed by atoms with Crippen LogP contribution in [0.1, 0.15) is 42.1 Å². The summed E-state index contributed by atoms with van der Waals surface area (Å²) < 4.78 is 5.20. The Kier molecular flexibility index (Phi) is 4.20. The van der Waals surface area contributed by atoms with Gasteiger partial charge in [0.1, 0.15) is 0 Å². The average Bonchev–Trinajstić information content (AvgIpc) is 3.01. The predicted molar refractivity (Wildman–Crippen MR) is 79.0 cm³/mol. The molecule has 1 aromatic carbocycles. The van der Waals surface area contributed by atoms with E-state index in [1.54, 1.807) is 24.0 Å². The Bertz CT molecular complexity index is 633. The number of likely N-dealkylation sites (tertiary alicyclic amines) is 1. The van der Waals surface area contributed by atoms with Gasteiger partial charge in [-0.05, 0) is 25.3 Å². The smallest absolute Gasteiger partial charge is 0.256 e.